The van der Waals surface area contributed by atoms with Crippen molar-refractivity contribution in [1.29, 1.82) is 0 Å². The molecule has 1 fully saturated rings. The Morgan fingerprint density at radius 1 is 1.02 bits per heavy atom. The fourth-order valence-electron chi connectivity index (χ4n) is 6.37. The van der Waals surface area contributed by atoms with Crippen LogP contribution in [0.15, 0.2) is 51.5 Å². The number of amides is 2. The highest BCUT2D eigenvalue weighted by Crippen LogP contribution is 2.37. The number of carbonyl (C=O) groups is 2. The molecule has 344 valence electrons. The number of aromatic nitrogens is 3. The van der Waals surface area contributed by atoms with Gasteiger partial charge in [0.2, 0.25) is 11.8 Å². The molecule has 62 heavy (non-hydrogen) atoms. The topological polar surface area (TPSA) is 212 Å². The number of hydrogen-bond donors (Lipinski definition) is 4. The van der Waals surface area contributed by atoms with Crippen molar-refractivity contribution in [3.8, 4) is 0 Å². The molecule has 0 bridgehead atoms. The number of ether oxygens (including phenoxy) is 6. The number of nitrogens with one attached hydrogen (secondary N) is 2. The molecule has 1 unspecified atom stereocenters. The van der Waals surface area contributed by atoms with Gasteiger partial charge in [-0.15, -0.1) is 0 Å². The van der Waals surface area contributed by atoms with Crippen LogP contribution in [0.4, 0.5) is 14.4 Å². The van der Waals surface area contributed by atoms with E-state index in [1.807, 2.05) is 33.8 Å². The summed E-state index contributed by atoms with van der Waals surface area (Å²) in [5.41, 5.74) is 8.19. The van der Waals surface area contributed by atoms with Gasteiger partial charge in [0.25, 0.3) is 0 Å². The van der Waals surface area contributed by atoms with E-state index in [0.29, 0.717) is 82.1 Å². The maximum Gasteiger partial charge on any atom is 0.677 e. The lowest BCUT2D eigenvalue weighted by atomic mass is 10.1. The summed E-state index contributed by atoms with van der Waals surface area (Å²) in [6.45, 7) is 11.1. The van der Waals surface area contributed by atoms with E-state index in [9.17, 15) is 28.1 Å². The maximum atomic E-state index is 13.9. The van der Waals surface area contributed by atoms with E-state index < -0.39 is 19.3 Å². The summed E-state index contributed by atoms with van der Waals surface area (Å²) in [5, 5.41) is 15.2. The Morgan fingerprint density at radius 2 is 1.69 bits per heavy atom. The predicted octanol–water partition coefficient (Wildman–Crippen LogP) is 3.66. The number of rotatable bonds is 30. The van der Waals surface area contributed by atoms with Crippen molar-refractivity contribution in [2.24, 2.45) is 4.99 Å². The van der Waals surface area contributed by atoms with E-state index in [0.717, 1.165) is 15.8 Å². The average molecular weight is 912 g/mol. The Hall–Kier alpha value is -3.61. The molecule has 0 saturated carbocycles. The molecule has 2 aromatic heterocycles. The van der Waals surface area contributed by atoms with Gasteiger partial charge >= 0.3 is 13.1 Å². The zero-order valence-electron chi connectivity index (χ0n) is 35.9. The highest BCUT2D eigenvalue weighted by Gasteiger charge is 2.37. The molecule has 0 spiro atoms. The minimum Gasteiger partial charge on any atom is -0.396 e. The molecule has 22 heteroatoms. The molecule has 0 aliphatic carbocycles. The van der Waals surface area contributed by atoms with Gasteiger partial charge < -0.3 is 54.4 Å². The van der Waals surface area contributed by atoms with E-state index in [4.69, 9.17) is 34.2 Å². The summed E-state index contributed by atoms with van der Waals surface area (Å²) in [5.74, 6) is 0.112. The standard InChI is InChI=1S/C40H60BF2N7O10S2/c1-28-23-29(2)47-32(28)24-31-6-5-30(50(31)41(42)43)7-8-36(52)45-12-16-56-18-20-58-22-21-57-19-17-55-15-11-37(53)46-26-40(3,4)62-61-27-59-34-25-38(60-33(34)10-14-51)49-13-9-35(44)48-39(49)54/h5-6,9,13,23-24,33-34,38,51H,7-8,10-12,14-22,25-27H2,1-4H3,(H,45,52)(H,46,53)(H2,44,48,54)/b32-24-/t33?,34-,38-/m1/s1. The first kappa shape index (κ1) is 51.0. The third kappa shape index (κ3) is 17.9. The molecule has 3 atom stereocenters. The van der Waals surface area contributed by atoms with Gasteiger partial charge in [-0.05, 0) is 76.5 Å². The van der Waals surface area contributed by atoms with Crippen LogP contribution in [-0.2, 0) is 44.4 Å². The Balaban J connectivity index is 0.929. The van der Waals surface area contributed by atoms with Gasteiger partial charge in [-0.2, -0.15) is 4.98 Å². The summed E-state index contributed by atoms with van der Waals surface area (Å²) < 4.78 is 63.9. The molecular formula is C40H60BF2N7O10S2. The van der Waals surface area contributed by atoms with Crippen LogP contribution in [0.25, 0.3) is 6.08 Å². The molecule has 5 N–H and O–H groups in total. The SMILES string of the molecule is CC1=CC(C)=N/C1=C\c1ccc(CCC(=O)NCCOCCOCCOCCOCCC(=O)NCC(C)(C)SSCO[C@@H]2C[C@H](n3ccc(N)nc3=O)OC2CCO)n1B(F)F. The van der Waals surface area contributed by atoms with E-state index in [1.54, 1.807) is 35.2 Å². The van der Waals surface area contributed by atoms with Gasteiger partial charge in [0, 0.05) is 67.0 Å². The number of nitrogens with two attached hydrogens (primary N) is 1. The van der Waals surface area contributed by atoms with E-state index >= 15 is 0 Å². The normalized spacial score (nSPS) is 18.3. The van der Waals surface area contributed by atoms with Crippen molar-refractivity contribution in [2.45, 2.75) is 83.0 Å². The number of hydrogen-bond acceptors (Lipinski definition) is 15. The summed E-state index contributed by atoms with van der Waals surface area (Å²) in [6, 6.07) is 4.76. The first-order valence-corrected chi connectivity index (χ1v) is 22.9. The molecule has 0 aromatic carbocycles. The largest absolute Gasteiger partial charge is 0.677 e. The van der Waals surface area contributed by atoms with Crippen LogP contribution in [0.5, 0.6) is 0 Å². The summed E-state index contributed by atoms with van der Waals surface area (Å²) in [7, 11) is 0.348. The second-order valence-electron chi connectivity index (χ2n) is 15.0. The predicted molar refractivity (Wildman–Crippen MR) is 237 cm³/mol. The van der Waals surface area contributed by atoms with Crippen molar-refractivity contribution >= 4 is 58.4 Å². The van der Waals surface area contributed by atoms with Crippen molar-refractivity contribution in [2.75, 3.05) is 84.2 Å². The maximum absolute atomic E-state index is 13.9. The molecule has 2 amide bonds. The Morgan fingerprint density at radius 3 is 2.34 bits per heavy atom. The summed E-state index contributed by atoms with van der Waals surface area (Å²) in [6.07, 6.45) is 5.08. The molecule has 4 rings (SSSR count). The fourth-order valence-corrected chi connectivity index (χ4v) is 8.55. The van der Waals surface area contributed by atoms with Crippen LogP contribution >= 0.6 is 21.6 Å². The quantitative estimate of drug-likeness (QED) is 0.0382. The van der Waals surface area contributed by atoms with Crippen LogP contribution in [0.1, 0.15) is 71.0 Å². The number of nitrogen functional groups attached to an aromatic ring is 1. The number of halogens is 2. The number of aliphatic hydroxyl groups is 1. The Kier molecular flexibility index (Phi) is 22.1. The highest BCUT2D eigenvalue weighted by atomic mass is 33.1. The van der Waals surface area contributed by atoms with Crippen LogP contribution in [-0.4, -0.2) is 140 Å². The van der Waals surface area contributed by atoms with Crippen LogP contribution < -0.4 is 22.1 Å². The van der Waals surface area contributed by atoms with Crippen molar-refractivity contribution in [3.63, 3.8) is 0 Å². The second kappa shape index (κ2) is 26.9. The van der Waals surface area contributed by atoms with Crippen molar-refractivity contribution in [1.82, 2.24) is 24.7 Å². The van der Waals surface area contributed by atoms with Gasteiger partial charge in [0.05, 0.1) is 70.8 Å². The highest BCUT2D eigenvalue weighted by molar-refractivity contribution is 8.77. The molecular weight excluding hydrogens is 851 g/mol. The lowest BCUT2D eigenvalue weighted by Crippen LogP contribution is -2.36. The monoisotopic (exact) mass is 911 g/mol. The number of allylic oxidation sites excluding steroid dienone is 2. The number of carbonyl (C=O) groups excluding carboxylic acids is 2. The Labute approximate surface area is 369 Å². The van der Waals surface area contributed by atoms with Gasteiger partial charge in [-0.1, -0.05) is 21.6 Å². The molecule has 2 aromatic rings. The zero-order valence-corrected chi connectivity index (χ0v) is 37.5. The third-order valence-corrected chi connectivity index (χ3v) is 12.4. The number of aryl methyl sites for hydroxylation is 1. The molecule has 1 saturated heterocycles. The van der Waals surface area contributed by atoms with Gasteiger partial charge in [0.1, 0.15) is 18.0 Å². The summed E-state index contributed by atoms with van der Waals surface area (Å²) in [4.78, 5) is 45.1. The van der Waals surface area contributed by atoms with Crippen LogP contribution in [0.2, 0.25) is 0 Å². The van der Waals surface area contributed by atoms with Crippen molar-refractivity contribution in [3.05, 3.63) is 63.6 Å². The fraction of sp³-hybridized carbons (Fsp3) is 0.625. The molecule has 0 radical (unpaired) electrons. The first-order valence-electron chi connectivity index (χ1n) is 20.6. The first-order chi connectivity index (χ1) is 29.8. The van der Waals surface area contributed by atoms with E-state index in [1.165, 1.54) is 21.4 Å². The lowest BCUT2D eigenvalue weighted by molar-refractivity contribution is -0.122. The third-order valence-electron chi connectivity index (χ3n) is 9.49. The Bertz CT molecular complexity index is 1880. The minimum atomic E-state index is -2.74. The molecule has 2 aliphatic rings. The van der Waals surface area contributed by atoms with Gasteiger partial charge in [-0.3, -0.25) is 27.8 Å². The number of aliphatic imine (C=N–C) groups is 1. The zero-order chi connectivity index (χ0) is 44.9. The minimum absolute atomic E-state index is 0.0652. The van der Waals surface area contributed by atoms with Crippen LogP contribution in [0.3, 0.4) is 0 Å². The van der Waals surface area contributed by atoms with Crippen LogP contribution in [0, 0.1) is 0 Å². The number of aliphatic hydroxyl groups excluding tert-OH is 1. The van der Waals surface area contributed by atoms with E-state index in [-0.39, 0.29) is 80.2 Å². The van der Waals surface area contributed by atoms with Gasteiger partial charge in [-0.25, -0.2) is 4.79 Å². The molecule has 4 heterocycles. The second-order valence-corrected chi connectivity index (χ2v) is 18.0. The summed E-state index contributed by atoms with van der Waals surface area (Å²) >= 11 is 0. The average Bonchev–Trinajstić information content (AvgIpc) is 3.92. The molecule has 2 aliphatic heterocycles. The lowest BCUT2D eigenvalue weighted by Gasteiger charge is -2.24. The van der Waals surface area contributed by atoms with E-state index in [2.05, 4.69) is 20.6 Å². The van der Waals surface area contributed by atoms with Crippen molar-refractivity contribution < 1.29 is 51.7 Å². The molecule has 17 nitrogen and oxygen atoms in total. The number of anilines is 1. The number of nitrogens with zero attached hydrogens (tertiary/aromatic N) is 4. The smallest absolute Gasteiger partial charge is 0.396 e. The van der Waals surface area contributed by atoms with Gasteiger partial charge in [0.15, 0.2) is 0 Å².